The molecule has 8 heteroatoms. The molecule has 0 spiro atoms. The highest BCUT2D eigenvalue weighted by Gasteiger charge is 2.17. The summed E-state index contributed by atoms with van der Waals surface area (Å²) in [5.41, 5.74) is 3.61. The number of ketones is 1. The van der Waals surface area contributed by atoms with Gasteiger partial charge in [-0.2, -0.15) is 4.98 Å². The van der Waals surface area contributed by atoms with Gasteiger partial charge in [-0.15, -0.1) is 5.10 Å². The number of thioether (sulfide) groups is 1. The Labute approximate surface area is 148 Å². The Kier molecular flexibility index (Phi) is 3.84. The molecule has 7 nitrogen and oxygen atoms in total. The first-order valence-corrected chi connectivity index (χ1v) is 8.77. The molecule has 0 saturated heterocycles. The predicted molar refractivity (Wildman–Crippen MR) is 92.6 cm³/mol. The lowest BCUT2D eigenvalue weighted by atomic mass is 10.1. The first kappa shape index (κ1) is 15.9. The average molecular weight is 356 g/mol. The van der Waals surface area contributed by atoms with Gasteiger partial charge in [0, 0.05) is 17.0 Å². The molecule has 0 N–H and O–H groups in total. The number of hydrogen-bond acceptors (Lipinski definition) is 7. The monoisotopic (exact) mass is 356 g/mol. The van der Waals surface area contributed by atoms with Gasteiger partial charge in [0.25, 0.3) is 5.78 Å². The highest BCUT2D eigenvalue weighted by atomic mass is 32.2. The van der Waals surface area contributed by atoms with E-state index in [1.807, 2.05) is 20.8 Å². The number of Topliss-reactive ketones (excluding diaryl/α,β-unsaturated/α-hetero) is 1. The second-order valence-corrected chi connectivity index (χ2v) is 6.74. The Morgan fingerprint density at radius 2 is 2.00 bits per heavy atom. The largest absolute Gasteiger partial charge is 0.454 e. The molecule has 3 aromatic rings. The summed E-state index contributed by atoms with van der Waals surface area (Å²) in [5, 5.41) is 4.98. The lowest BCUT2D eigenvalue weighted by molar-refractivity contribution is 0.102. The first-order valence-electron chi connectivity index (χ1n) is 7.79. The van der Waals surface area contributed by atoms with E-state index in [1.54, 1.807) is 22.7 Å². The number of benzene rings is 1. The third-order valence-corrected chi connectivity index (χ3v) is 5.11. The number of rotatable bonds is 4. The van der Waals surface area contributed by atoms with Crippen LogP contribution in [0.25, 0.3) is 5.78 Å². The smallest absolute Gasteiger partial charge is 0.253 e. The van der Waals surface area contributed by atoms with Crippen LogP contribution in [0, 0.1) is 20.8 Å². The zero-order chi connectivity index (χ0) is 17.6. The maximum absolute atomic E-state index is 12.4. The molecule has 0 atom stereocenters. The molecule has 0 saturated carbocycles. The van der Waals surface area contributed by atoms with E-state index in [0.29, 0.717) is 28.0 Å². The number of carbonyl (C=O) groups excluding carboxylic acids is 1. The van der Waals surface area contributed by atoms with Crippen molar-refractivity contribution in [2.24, 2.45) is 0 Å². The van der Waals surface area contributed by atoms with Crippen LogP contribution in [0.1, 0.15) is 27.3 Å². The minimum absolute atomic E-state index is 0.0146. The molecular weight excluding hydrogens is 340 g/mol. The molecule has 0 aliphatic carbocycles. The quantitative estimate of drug-likeness (QED) is 0.525. The van der Waals surface area contributed by atoms with Crippen LogP contribution in [0.15, 0.2) is 23.4 Å². The van der Waals surface area contributed by atoms with Crippen molar-refractivity contribution in [3.63, 3.8) is 0 Å². The van der Waals surface area contributed by atoms with Gasteiger partial charge in [0.1, 0.15) is 0 Å². The maximum Gasteiger partial charge on any atom is 0.253 e. The van der Waals surface area contributed by atoms with Crippen LogP contribution in [0.3, 0.4) is 0 Å². The van der Waals surface area contributed by atoms with Crippen molar-refractivity contribution in [2.45, 2.75) is 25.9 Å². The van der Waals surface area contributed by atoms with E-state index in [-0.39, 0.29) is 18.3 Å². The molecule has 0 bridgehead atoms. The highest BCUT2D eigenvalue weighted by Crippen LogP contribution is 2.33. The van der Waals surface area contributed by atoms with E-state index >= 15 is 0 Å². The van der Waals surface area contributed by atoms with Gasteiger partial charge in [0.15, 0.2) is 17.3 Å². The normalized spacial score (nSPS) is 12.8. The molecule has 1 aromatic carbocycles. The average Bonchev–Trinajstić information content (AvgIpc) is 3.23. The summed E-state index contributed by atoms with van der Waals surface area (Å²) in [7, 11) is 0. The van der Waals surface area contributed by atoms with Crippen LogP contribution in [-0.2, 0) is 0 Å². The molecule has 4 rings (SSSR count). The molecule has 0 fully saturated rings. The van der Waals surface area contributed by atoms with Gasteiger partial charge in [-0.1, -0.05) is 11.8 Å². The number of fused-ring (bicyclic) bond motifs is 2. The second-order valence-electron chi connectivity index (χ2n) is 5.79. The van der Waals surface area contributed by atoms with Crippen molar-refractivity contribution >= 4 is 23.3 Å². The van der Waals surface area contributed by atoms with Crippen LogP contribution < -0.4 is 9.47 Å². The summed E-state index contributed by atoms with van der Waals surface area (Å²) in [6, 6.07) is 5.20. The third-order valence-electron chi connectivity index (χ3n) is 4.27. The fraction of sp³-hybridized carbons (Fsp3) is 0.294. The first-order chi connectivity index (χ1) is 12.0. The molecule has 3 heterocycles. The lowest BCUT2D eigenvalue weighted by Gasteiger charge is -2.04. The van der Waals surface area contributed by atoms with Crippen LogP contribution in [0.4, 0.5) is 0 Å². The van der Waals surface area contributed by atoms with Crippen molar-refractivity contribution in [2.75, 3.05) is 12.5 Å². The van der Waals surface area contributed by atoms with E-state index in [1.165, 1.54) is 11.8 Å². The van der Waals surface area contributed by atoms with Crippen molar-refractivity contribution < 1.29 is 14.3 Å². The zero-order valence-electron chi connectivity index (χ0n) is 14.1. The Morgan fingerprint density at radius 3 is 2.84 bits per heavy atom. The summed E-state index contributed by atoms with van der Waals surface area (Å²) in [5.74, 6) is 2.05. The molecule has 2 aromatic heterocycles. The Hall–Kier alpha value is -2.61. The van der Waals surface area contributed by atoms with E-state index in [0.717, 1.165) is 17.0 Å². The second kappa shape index (κ2) is 6.03. The topological polar surface area (TPSA) is 78.6 Å². The summed E-state index contributed by atoms with van der Waals surface area (Å²) in [4.78, 5) is 21.3. The predicted octanol–water partition coefficient (Wildman–Crippen LogP) is 2.75. The van der Waals surface area contributed by atoms with Crippen molar-refractivity contribution in [3.8, 4) is 11.5 Å². The summed E-state index contributed by atoms with van der Waals surface area (Å²) < 4.78 is 12.3. The van der Waals surface area contributed by atoms with Gasteiger partial charge < -0.3 is 9.47 Å². The van der Waals surface area contributed by atoms with Crippen molar-refractivity contribution in [1.29, 1.82) is 0 Å². The highest BCUT2D eigenvalue weighted by molar-refractivity contribution is 7.99. The van der Waals surface area contributed by atoms with Gasteiger partial charge in [-0.05, 0) is 44.5 Å². The fourth-order valence-corrected chi connectivity index (χ4v) is 3.29. The van der Waals surface area contributed by atoms with Gasteiger partial charge in [0.05, 0.1) is 5.75 Å². The number of ether oxygens (including phenoxy) is 2. The van der Waals surface area contributed by atoms with Gasteiger partial charge in [-0.25, -0.2) is 9.50 Å². The minimum Gasteiger partial charge on any atom is -0.454 e. The summed E-state index contributed by atoms with van der Waals surface area (Å²) in [6.07, 6.45) is 0. The van der Waals surface area contributed by atoms with Gasteiger partial charge in [-0.3, -0.25) is 4.79 Å². The van der Waals surface area contributed by atoms with Crippen molar-refractivity contribution in [3.05, 3.63) is 40.7 Å². The lowest BCUT2D eigenvalue weighted by Crippen LogP contribution is -2.03. The van der Waals surface area contributed by atoms with Crippen LogP contribution >= 0.6 is 11.8 Å². The van der Waals surface area contributed by atoms with E-state index < -0.39 is 0 Å². The molecule has 128 valence electrons. The molecule has 1 aliphatic heterocycles. The minimum atomic E-state index is -0.0146. The van der Waals surface area contributed by atoms with Crippen LogP contribution in [0.2, 0.25) is 0 Å². The Bertz CT molecular complexity index is 999. The number of carbonyl (C=O) groups is 1. The fourth-order valence-electron chi connectivity index (χ4n) is 2.58. The Balaban J connectivity index is 1.52. The third kappa shape index (κ3) is 2.82. The molecule has 0 amide bonds. The van der Waals surface area contributed by atoms with Gasteiger partial charge >= 0.3 is 0 Å². The van der Waals surface area contributed by atoms with Crippen LogP contribution in [-0.4, -0.2) is 37.9 Å². The molecule has 1 aliphatic rings. The molecular formula is C17H16N4O3S. The van der Waals surface area contributed by atoms with E-state index in [4.69, 9.17) is 9.47 Å². The molecule has 0 unspecified atom stereocenters. The molecule has 25 heavy (non-hydrogen) atoms. The number of hydrogen-bond donors (Lipinski definition) is 0. The van der Waals surface area contributed by atoms with E-state index in [2.05, 4.69) is 15.1 Å². The summed E-state index contributed by atoms with van der Waals surface area (Å²) in [6.45, 7) is 6.14. The standard InChI is InChI=1S/C17H16N4O3S/c1-9-10(2)18-16-19-17(20-21(16)11(9)3)25-7-13(22)12-4-5-14-15(6-12)24-8-23-14/h4-6H,7-8H2,1-3H3. The Morgan fingerprint density at radius 1 is 1.20 bits per heavy atom. The number of aryl methyl sites for hydroxylation is 2. The molecule has 0 radical (unpaired) electrons. The van der Waals surface area contributed by atoms with Gasteiger partial charge in [0.2, 0.25) is 11.9 Å². The maximum atomic E-state index is 12.4. The number of nitrogens with zero attached hydrogens (tertiary/aromatic N) is 4. The van der Waals surface area contributed by atoms with E-state index in [9.17, 15) is 4.79 Å². The van der Waals surface area contributed by atoms with Crippen molar-refractivity contribution in [1.82, 2.24) is 19.6 Å². The van der Waals surface area contributed by atoms with Crippen LogP contribution in [0.5, 0.6) is 11.5 Å². The summed E-state index contributed by atoms with van der Waals surface area (Å²) >= 11 is 1.30. The SMILES string of the molecule is Cc1nc2nc(SCC(=O)c3ccc4c(c3)OCO4)nn2c(C)c1C. The zero-order valence-corrected chi connectivity index (χ0v) is 14.9. The number of aromatic nitrogens is 4.